The van der Waals surface area contributed by atoms with Crippen LogP contribution in [0.2, 0.25) is 0 Å². The van der Waals surface area contributed by atoms with Crippen molar-refractivity contribution in [2.45, 2.75) is 57.3 Å². The number of alkyl halides is 3. The molecule has 0 bridgehead atoms. The number of hydrogen-bond donors (Lipinski definition) is 0. The standard InChI is InChI=1S/C35H38F3N7O2/c1-22-26-6-5-7-27(30-19-43(3)41-34(30)35(36,37)38)28(26)18-32(44-15-12-39-21-44)45(22)31-8-11-40-33-23(16-25(46-4)17-29(31)33)20-47-24-9-13-42(2)14-10-24/h5-8,11-12,15-17,19,21-22,24,32H,9-10,13-14,18,20H2,1-4H3. The summed E-state index contributed by atoms with van der Waals surface area (Å²) >= 11 is 0. The fourth-order valence-corrected chi connectivity index (χ4v) is 7.22. The van der Waals surface area contributed by atoms with Crippen LogP contribution < -0.4 is 9.64 Å². The topological polar surface area (TPSA) is 73.5 Å². The number of halogens is 3. The first-order chi connectivity index (χ1) is 22.6. The Balaban J connectivity index is 1.34. The van der Waals surface area contributed by atoms with Crippen molar-refractivity contribution in [3.8, 4) is 16.9 Å². The molecule has 0 radical (unpaired) electrons. The highest BCUT2D eigenvalue weighted by molar-refractivity contribution is 5.95. The van der Waals surface area contributed by atoms with Gasteiger partial charge in [0.25, 0.3) is 0 Å². The highest BCUT2D eigenvalue weighted by Gasteiger charge is 2.40. The van der Waals surface area contributed by atoms with Gasteiger partial charge in [-0.25, -0.2) is 4.98 Å². The number of fused-ring (bicyclic) bond motifs is 2. The number of piperidine rings is 1. The van der Waals surface area contributed by atoms with E-state index < -0.39 is 11.9 Å². The molecule has 2 aliphatic rings. The maximum absolute atomic E-state index is 14.1. The smallest absolute Gasteiger partial charge is 0.435 e. The van der Waals surface area contributed by atoms with Crippen molar-refractivity contribution in [1.29, 1.82) is 0 Å². The van der Waals surface area contributed by atoms with Crippen LogP contribution in [0.5, 0.6) is 5.75 Å². The van der Waals surface area contributed by atoms with E-state index in [1.807, 2.05) is 47.3 Å². The molecule has 2 unspecified atom stereocenters. The highest BCUT2D eigenvalue weighted by atomic mass is 19.4. The molecule has 1 saturated heterocycles. The number of rotatable bonds is 7. The van der Waals surface area contributed by atoms with Gasteiger partial charge in [-0.05, 0) is 61.7 Å². The molecule has 7 rings (SSSR count). The Labute approximate surface area is 271 Å². The number of methoxy groups -OCH3 is 1. The van der Waals surface area contributed by atoms with Gasteiger partial charge in [-0.2, -0.15) is 18.3 Å². The van der Waals surface area contributed by atoms with E-state index >= 15 is 0 Å². The monoisotopic (exact) mass is 645 g/mol. The van der Waals surface area contributed by atoms with Crippen LogP contribution in [0.25, 0.3) is 22.0 Å². The minimum atomic E-state index is -4.58. The van der Waals surface area contributed by atoms with E-state index in [1.54, 1.807) is 25.7 Å². The van der Waals surface area contributed by atoms with Crippen LogP contribution >= 0.6 is 0 Å². The van der Waals surface area contributed by atoms with Crippen molar-refractivity contribution in [3.05, 3.63) is 89.9 Å². The van der Waals surface area contributed by atoms with Crippen LogP contribution in [-0.2, 0) is 31.0 Å². The summed E-state index contributed by atoms with van der Waals surface area (Å²) in [5.74, 6) is 0.705. The predicted octanol–water partition coefficient (Wildman–Crippen LogP) is 6.79. The minimum absolute atomic E-state index is 0.0789. The van der Waals surface area contributed by atoms with Crippen molar-refractivity contribution in [1.82, 2.24) is 29.2 Å². The van der Waals surface area contributed by atoms with Crippen LogP contribution in [0.3, 0.4) is 0 Å². The second kappa shape index (κ2) is 12.3. The first-order valence-electron chi connectivity index (χ1n) is 15.9. The Morgan fingerprint density at radius 3 is 2.55 bits per heavy atom. The van der Waals surface area contributed by atoms with Gasteiger partial charge >= 0.3 is 6.18 Å². The van der Waals surface area contributed by atoms with Gasteiger partial charge in [0.2, 0.25) is 0 Å². The zero-order valence-electron chi connectivity index (χ0n) is 26.9. The average molecular weight is 646 g/mol. The van der Waals surface area contributed by atoms with Crippen molar-refractivity contribution in [2.75, 3.05) is 32.1 Å². The highest BCUT2D eigenvalue weighted by Crippen LogP contribution is 2.47. The number of benzene rings is 2. The van der Waals surface area contributed by atoms with Crippen LogP contribution in [0.15, 0.2) is 67.5 Å². The molecule has 2 aromatic carbocycles. The summed E-state index contributed by atoms with van der Waals surface area (Å²) in [6.07, 6.45) is 6.38. The number of pyridine rings is 1. The third kappa shape index (κ3) is 5.84. The molecule has 2 aliphatic heterocycles. The maximum Gasteiger partial charge on any atom is 0.435 e. The molecule has 0 spiro atoms. The molecule has 3 aromatic heterocycles. The first kappa shape index (κ1) is 31.2. The van der Waals surface area contributed by atoms with E-state index in [4.69, 9.17) is 14.5 Å². The van der Waals surface area contributed by atoms with Gasteiger partial charge < -0.3 is 23.8 Å². The normalized spacial score (nSPS) is 19.3. The first-order valence-corrected chi connectivity index (χ1v) is 15.9. The number of imidazole rings is 1. The SMILES string of the molecule is COc1cc(COC2CCN(C)CC2)c2nccc(N3C(C)c4cccc(-c5cn(C)nc5C(F)(F)F)c4CC3n3ccnc3)c2c1. The Bertz CT molecular complexity index is 1880. The molecule has 5 aromatic rings. The number of ether oxygens (including phenoxy) is 2. The number of aromatic nitrogens is 5. The molecular formula is C35H38F3N7O2. The predicted molar refractivity (Wildman–Crippen MR) is 173 cm³/mol. The Hall–Kier alpha value is -4.42. The quantitative estimate of drug-likeness (QED) is 0.193. The number of aryl methyl sites for hydroxylation is 1. The molecule has 47 heavy (non-hydrogen) atoms. The molecule has 2 atom stereocenters. The molecule has 5 heterocycles. The second-order valence-corrected chi connectivity index (χ2v) is 12.5. The zero-order chi connectivity index (χ0) is 32.9. The van der Waals surface area contributed by atoms with Gasteiger partial charge in [-0.15, -0.1) is 0 Å². The van der Waals surface area contributed by atoms with Crippen molar-refractivity contribution >= 4 is 16.6 Å². The van der Waals surface area contributed by atoms with Gasteiger partial charge in [0.15, 0.2) is 5.69 Å². The Kier molecular flexibility index (Phi) is 8.17. The summed E-state index contributed by atoms with van der Waals surface area (Å²) < 4.78 is 57.8. The van der Waals surface area contributed by atoms with E-state index in [9.17, 15) is 13.2 Å². The summed E-state index contributed by atoms with van der Waals surface area (Å²) in [4.78, 5) is 13.8. The molecule has 246 valence electrons. The summed E-state index contributed by atoms with van der Waals surface area (Å²) in [7, 11) is 5.30. The lowest BCUT2D eigenvalue weighted by molar-refractivity contribution is -0.140. The lowest BCUT2D eigenvalue weighted by Crippen LogP contribution is -2.40. The minimum Gasteiger partial charge on any atom is -0.497 e. The fourth-order valence-electron chi connectivity index (χ4n) is 7.22. The Morgan fingerprint density at radius 1 is 1.02 bits per heavy atom. The van der Waals surface area contributed by atoms with E-state index in [-0.39, 0.29) is 23.9 Å². The molecule has 12 heteroatoms. The molecule has 1 fully saturated rings. The van der Waals surface area contributed by atoms with Crippen molar-refractivity contribution in [3.63, 3.8) is 0 Å². The fraction of sp³-hybridized carbons (Fsp3) is 0.400. The second-order valence-electron chi connectivity index (χ2n) is 12.5. The molecular weight excluding hydrogens is 607 g/mol. The number of anilines is 1. The number of nitrogens with zero attached hydrogens (tertiary/aromatic N) is 7. The van der Waals surface area contributed by atoms with Crippen molar-refractivity contribution in [2.24, 2.45) is 7.05 Å². The molecule has 0 amide bonds. The van der Waals surface area contributed by atoms with Gasteiger partial charge in [-0.3, -0.25) is 9.67 Å². The lowest BCUT2D eigenvalue weighted by Gasteiger charge is -2.45. The zero-order valence-corrected chi connectivity index (χ0v) is 26.9. The molecule has 0 aliphatic carbocycles. The summed E-state index contributed by atoms with van der Waals surface area (Å²) in [6.45, 7) is 4.53. The number of hydrogen-bond acceptors (Lipinski definition) is 7. The molecule has 0 N–H and O–H groups in total. The molecule has 0 saturated carbocycles. The van der Waals surface area contributed by atoms with E-state index in [2.05, 4.69) is 33.9 Å². The maximum atomic E-state index is 14.1. The van der Waals surface area contributed by atoms with Crippen LogP contribution in [0.1, 0.15) is 54.4 Å². The lowest BCUT2D eigenvalue weighted by atomic mass is 9.85. The summed E-state index contributed by atoms with van der Waals surface area (Å²) in [5.41, 5.74) is 4.26. The number of likely N-dealkylation sites (tertiary alicyclic amines) is 1. The van der Waals surface area contributed by atoms with Gasteiger partial charge in [-0.1, -0.05) is 18.2 Å². The van der Waals surface area contributed by atoms with Gasteiger partial charge in [0.05, 0.1) is 37.7 Å². The average Bonchev–Trinajstić information content (AvgIpc) is 3.74. The van der Waals surface area contributed by atoms with Crippen LogP contribution in [0, 0.1) is 0 Å². The van der Waals surface area contributed by atoms with Gasteiger partial charge in [0, 0.05) is 73.5 Å². The van der Waals surface area contributed by atoms with Gasteiger partial charge in [0.1, 0.15) is 11.9 Å². The van der Waals surface area contributed by atoms with E-state index in [1.165, 1.54) is 17.9 Å². The summed E-state index contributed by atoms with van der Waals surface area (Å²) in [6, 6.07) is 11.4. The third-order valence-electron chi connectivity index (χ3n) is 9.57. The van der Waals surface area contributed by atoms with Crippen LogP contribution in [-0.4, -0.2) is 62.6 Å². The van der Waals surface area contributed by atoms with Crippen molar-refractivity contribution < 1.29 is 22.6 Å². The third-order valence-corrected chi connectivity index (χ3v) is 9.57. The van der Waals surface area contributed by atoms with Crippen LogP contribution in [0.4, 0.5) is 18.9 Å². The largest absolute Gasteiger partial charge is 0.497 e. The van der Waals surface area contributed by atoms with E-state index in [0.29, 0.717) is 24.3 Å². The Morgan fingerprint density at radius 2 is 1.83 bits per heavy atom. The molecule has 9 nitrogen and oxygen atoms in total. The summed E-state index contributed by atoms with van der Waals surface area (Å²) in [5, 5.41) is 4.71. The van der Waals surface area contributed by atoms with E-state index in [0.717, 1.165) is 59.2 Å².